The number of pyridine rings is 1. The van der Waals surface area contributed by atoms with Crippen molar-refractivity contribution >= 4 is 29.4 Å². The van der Waals surface area contributed by atoms with Crippen LogP contribution in [0.4, 0.5) is 5.82 Å². The first-order valence-corrected chi connectivity index (χ1v) is 21.3. The first-order chi connectivity index (χ1) is 27.9. The van der Waals surface area contributed by atoms with Crippen LogP contribution in [0.25, 0.3) is 6.08 Å². The number of aromatic nitrogens is 1. The van der Waals surface area contributed by atoms with Gasteiger partial charge in [0.2, 0.25) is 5.91 Å². The minimum Gasteiger partial charge on any atom is -0.506 e. The molecular weight excluding hydrogens is 745 g/mol. The molecule has 9 rings (SSSR count). The largest absolute Gasteiger partial charge is 0.506 e. The monoisotopic (exact) mass is 804 g/mol. The summed E-state index contributed by atoms with van der Waals surface area (Å²) in [5.41, 5.74) is -0.992. The molecule has 1 aromatic carbocycles. The van der Waals surface area contributed by atoms with Gasteiger partial charge in [0.1, 0.15) is 34.2 Å². The Morgan fingerprint density at radius 1 is 1.00 bits per heavy atom. The van der Waals surface area contributed by atoms with Gasteiger partial charge in [-0.15, -0.1) is 0 Å². The number of benzene rings is 1. The Morgan fingerprint density at radius 3 is 2.39 bits per heavy atom. The number of carbonyl (C=O) groups excluding carboxylic acids is 3. The highest BCUT2D eigenvalue weighted by atomic mass is 16.6. The van der Waals surface area contributed by atoms with Crippen LogP contribution in [0.15, 0.2) is 65.9 Å². The number of allylic oxidation sites excluding steroid dienone is 4. The van der Waals surface area contributed by atoms with E-state index in [0.29, 0.717) is 62.3 Å². The third-order valence-electron chi connectivity index (χ3n) is 13.8. The van der Waals surface area contributed by atoms with Crippen LogP contribution < -0.4 is 14.4 Å². The van der Waals surface area contributed by atoms with Gasteiger partial charge in [-0.1, -0.05) is 35.4 Å². The summed E-state index contributed by atoms with van der Waals surface area (Å²) in [6.07, 6.45) is 15.6. The molecule has 11 heteroatoms. The van der Waals surface area contributed by atoms with Gasteiger partial charge >= 0.3 is 0 Å². The fourth-order valence-corrected chi connectivity index (χ4v) is 11.1. The number of fused-ring (bicyclic) bond motifs is 2. The molecule has 2 saturated heterocycles. The molecule has 7 aliphatic rings. The maximum absolute atomic E-state index is 15.9. The van der Waals surface area contributed by atoms with Crippen molar-refractivity contribution in [3.8, 4) is 17.2 Å². The second kappa shape index (κ2) is 14.8. The number of nitrogens with zero attached hydrogens (tertiary/aromatic N) is 4. The molecule has 314 valence electrons. The van der Waals surface area contributed by atoms with Gasteiger partial charge < -0.3 is 29.1 Å². The van der Waals surface area contributed by atoms with E-state index in [0.717, 1.165) is 17.8 Å². The number of phenols is 1. The highest BCUT2D eigenvalue weighted by Crippen LogP contribution is 2.71. The minimum absolute atomic E-state index is 0.0586. The van der Waals surface area contributed by atoms with Gasteiger partial charge in [0, 0.05) is 76.3 Å². The second-order valence-electron chi connectivity index (χ2n) is 18.9. The van der Waals surface area contributed by atoms with Crippen LogP contribution in [-0.2, 0) is 20.7 Å². The number of ether oxygens (including phenoxy) is 3. The second-order valence-corrected chi connectivity index (χ2v) is 18.9. The Kier molecular flexibility index (Phi) is 10.3. The van der Waals surface area contributed by atoms with Crippen LogP contribution in [0.5, 0.6) is 17.2 Å². The number of anilines is 1. The number of piperazine rings is 1. The zero-order valence-corrected chi connectivity index (χ0v) is 36.1. The van der Waals surface area contributed by atoms with E-state index in [-0.39, 0.29) is 46.9 Å². The molecule has 7 atom stereocenters. The Labute approximate surface area is 348 Å². The lowest BCUT2D eigenvalue weighted by atomic mass is 9.44. The maximum Gasteiger partial charge on any atom is 0.245 e. The molecule has 1 aromatic heterocycles. The van der Waals surface area contributed by atoms with Gasteiger partial charge in [-0.25, -0.2) is 4.98 Å². The van der Waals surface area contributed by atoms with Crippen LogP contribution in [0.3, 0.4) is 0 Å². The van der Waals surface area contributed by atoms with E-state index in [1.54, 1.807) is 26.4 Å². The molecule has 4 aliphatic heterocycles. The highest BCUT2D eigenvalue weighted by molar-refractivity contribution is 6.10. The molecule has 1 N–H and O–H groups in total. The molecule has 5 fully saturated rings. The third-order valence-corrected chi connectivity index (χ3v) is 13.8. The van der Waals surface area contributed by atoms with E-state index in [1.807, 2.05) is 65.0 Å². The summed E-state index contributed by atoms with van der Waals surface area (Å²) in [6.45, 7) is 16.8. The molecule has 4 bridgehead atoms. The van der Waals surface area contributed by atoms with Crippen LogP contribution in [0, 0.1) is 17.8 Å². The number of hydrogen-bond donors (Lipinski definition) is 1. The molecule has 2 aromatic rings. The number of phenolic OH excluding ortho intramolecular Hbond substituents is 1. The Balaban J connectivity index is 1.31. The SMILES string of the molecule is CC(C)=CCC[C@]1(C)C=Cc2c(O)c3c(c(CC=C(C)C)c2O1)O[C@]12C(C3=O)C(N3CCN(c4ccccn4)CC3)[C@@H]3CC1C(C)(C)O[C@@]2(C/C=C/C(=O)N(C)C)C3=O. The van der Waals surface area contributed by atoms with Crippen molar-refractivity contribution < 1.29 is 33.7 Å². The molecule has 59 heavy (non-hydrogen) atoms. The molecular formula is C48H60N4O7. The van der Waals surface area contributed by atoms with Crippen molar-refractivity contribution in [2.45, 2.75) is 109 Å². The molecule has 3 aliphatic carbocycles. The van der Waals surface area contributed by atoms with E-state index >= 15 is 9.59 Å². The summed E-state index contributed by atoms with van der Waals surface area (Å²) in [5, 5.41) is 12.4. The van der Waals surface area contributed by atoms with Crippen LogP contribution in [0.1, 0.15) is 95.6 Å². The van der Waals surface area contributed by atoms with Gasteiger partial charge in [-0.2, -0.15) is 0 Å². The average molecular weight is 805 g/mol. The van der Waals surface area contributed by atoms with Crippen molar-refractivity contribution in [3.63, 3.8) is 0 Å². The van der Waals surface area contributed by atoms with Gasteiger partial charge in [0.05, 0.1) is 17.1 Å². The summed E-state index contributed by atoms with van der Waals surface area (Å²) >= 11 is 0. The average Bonchev–Trinajstić information content (AvgIpc) is 3.33. The van der Waals surface area contributed by atoms with E-state index in [9.17, 15) is 9.90 Å². The minimum atomic E-state index is -1.57. The van der Waals surface area contributed by atoms with E-state index in [2.05, 4.69) is 40.8 Å². The number of likely N-dealkylation sites (N-methyl/N-ethyl adjacent to an activating group) is 1. The predicted octanol–water partition coefficient (Wildman–Crippen LogP) is 7.13. The summed E-state index contributed by atoms with van der Waals surface area (Å²) in [5.74, 6) is -0.806. The number of amides is 1. The molecule has 3 saturated carbocycles. The normalized spacial score (nSPS) is 31.2. The molecule has 1 spiro atoms. The van der Waals surface area contributed by atoms with Crippen molar-refractivity contribution in [1.82, 2.24) is 14.8 Å². The summed E-state index contributed by atoms with van der Waals surface area (Å²) < 4.78 is 21.7. The van der Waals surface area contributed by atoms with Gasteiger partial charge in [-0.3, -0.25) is 19.3 Å². The topological polar surface area (TPSA) is 122 Å². The fraction of sp³-hybridized carbons (Fsp3) is 0.542. The standard InChI is InChI=1S/C48H60N4O7/c1-29(2)14-12-20-46(7)22-19-31-40(54)37-41(55)38-39(52-26-24-51(25-27-52)35-15-10-11-23-49-35)33-28-34-45(5,6)59-47(44(33)56,21-13-16-36(53)50(8)9)48(34,38)58-43(37)32(42(31)57-46)18-17-30(3)4/h10-11,13-17,19,22-23,33-34,38-39,54H,12,18,20-21,24-28H2,1-9H3/b16-13+/t33-,34?,38?,39?,46+,47-,48-/m0/s1. The number of aromatic hydroxyl groups is 1. The van der Waals surface area contributed by atoms with Crippen molar-refractivity contribution in [2.24, 2.45) is 17.8 Å². The lowest BCUT2D eigenvalue weighted by molar-refractivity contribution is -0.213. The van der Waals surface area contributed by atoms with Gasteiger partial charge in [0.25, 0.3) is 0 Å². The summed E-state index contributed by atoms with van der Waals surface area (Å²) in [7, 11) is 3.36. The Bertz CT molecular complexity index is 2180. The fourth-order valence-electron chi connectivity index (χ4n) is 11.1. The summed E-state index contributed by atoms with van der Waals surface area (Å²) in [4.78, 5) is 54.9. The van der Waals surface area contributed by atoms with Crippen molar-refractivity contribution in [3.05, 3.63) is 82.6 Å². The van der Waals surface area contributed by atoms with Crippen LogP contribution in [0.2, 0.25) is 0 Å². The number of carbonyl (C=O) groups is 3. The maximum atomic E-state index is 15.9. The highest BCUT2D eigenvalue weighted by Gasteiger charge is 2.85. The molecule has 0 radical (unpaired) electrons. The molecule has 3 unspecified atom stereocenters. The van der Waals surface area contributed by atoms with E-state index in [4.69, 9.17) is 14.2 Å². The van der Waals surface area contributed by atoms with Gasteiger partial charge in [0.15, 0.2) is 22.8 Å². The van der Waals surface area contributed by atoms with Crippen LogP contribution in [-0.4, -0.2) is 106 Å². The number of rotatable bonds is 10. The third kappa shape index (κ3) is 6.45. The summed E-state index contributed by atoms with van der Waals surface area (Å²) in [6, 6.07) is 5.39. The van der Waals surface area contributed by atoms with Crippen LogP contribution >= 0.6 is 0 Å². The zero-order valence-electron chi connectivity index (χ0n) is 36.1. The molecule has 1 amide bonds. The van der Waals surface area contributed by atoms with Gasteiger partial charge in [-0.05, 0) is 105 Å². The quantitative estimate of drug-likeness (QED) is 0.196. The van der Waals surface area contributed by atoms with E-state index < -0.39 is 40.3 Å². The van der Waals surface area contributed by atoms with Crippen molar-refractivity contribution in [1.29, 1.82) is 0 Å². The van der Waals surface area contributed by atoms with E-state index in [1.165, 1.54) is 16.5 Å². The smallest absolute Gasteiger partial charge is 0.245 e. The first-order valence-electron chi connectivity index (χ1n) is 21.3. The Hall–Kier alpha value is -4.74. The first kappa shape index (κ1) is 41.0. The molecule has 5 heterocycles. The Morgan fingerprint density at radius 2 is 1.73 bits per heavy atom. The number of hydrogen-bond acceptors (Lipinski definition) is 10. The number of Topliss-reactive ketones (excluding diaryl/α,β-unsaturated/α-hetero) is 2. The lowest BCUT2D eigenvalue weighted by Gasteiger charge is -2.65. The molecule has 11 nitrogen and oxygen atoms in total. The number of ketones is 2. The lowest BCUT2D eigenvalue weighted by Crippen LogP contribution is -2.82. The zero-order chi connectivity index (χ0) is 42.2. The predicted molar refractivity (Wildman–Crippen MR) is 228 cm³/mol. The van der Waals surface area contributed by atoms with Crippen molar-refractivity contribution in [2.75, 3.05) is 45.2 Å².